The van der Waals surface area contributed by atoms with Crippen molar-refractivity contribution in [3.8, 4) is 5.75 Å². The largest absolute Gasteiger partial charge is 0.490 e. The van der Waals surface area contributed by atoms with E-state index in [2.05, 4.69) is 49.9 Å². The Labute approximate surface area is 122 Å². The van der Waals surface area contributed by atoms with Gasteiger partial charge in [-0.2, -0.15) is 0 Å². The SMILES string of the molecule is CC(C)c1ncc(OCC2CC2)c(CNC(C)(C)C)n1. The molecule has 20 heavy (non-hydrogen) atoms. The van der Waals surface area contributed by atoms with Gasteiger partial charge in [-0.05, 0) is 39.5 Å². The molecule has 4 heteroatoms. The molecule has 1 heterocycles. The Morgan fingerprint density at radius 3 is 2.60 bits per heavy atom. The average molecular weight is 277 g/mol. The molecule has 0 aromatic carbocycles. The van der Waals surface area contributed by atoms with E-state index in [4.69, 9.17) is 4.74 Å². The van der Waals surface area contributed by atoms with Crippen molar-refractivity contribution in [3.63, 3.8) is 0 Å². The summed E-state index contributed by atoms with van der Waals surface area (Å²) in [6.45, 7) is 12.2. The van der Waals surface area contributed by atoms with Gasteiger partial charge in [-0.15, -0.1) is 0 Å². The zero-order valence-electron chi connectivity index (χ0n) is 13.4. The fourth-order valence-electron chi connectivity index (χ4n) is 1.79. The molecule has 1 aliphatic rings. The van der Waals surface area contributed by atoms with Crippen LogP contribution in [0.5, 0.6) is 5.75 Å². The Kier molecular flexibility index (Phi) is 4.63. The van der Waals surface area contributed by atoms with Crippen LogP contribution >= 0.6 is 0 Å². The summed E-state index contributed by atoms with van der Waals surface area (Å²) < 4.78 is 5.90. The zero-order chi connectivity index (χ0) is 14.8. The number of ether oxygens (including phenoxy) is 1. The first-order valence-corrected chi connectivity index (χ1v) is 7.59. The fourth-order valence-corrected chi connectivity index (χ4v) is 1.79. The molecule has 112 valence electrons. The molecule has 1 aromatic heterocycles. The molecule has 1 aromatic rings. The van der Waals surface area contributed by atoms with Gasteiger partial charge in [0, 0.05) is 18.0 Å². The molecular weight excluding hydrogens is 250 g/mol. The van der Waals surface area contributed by atoms with Crippen molar-refractivity contribution in [1.82, 2.24) is 15.3 Å². The quantitative estimate of drug-likeness (QED) is 0.867. The average Bonchev–Trinajstić information content (AvgIpc) is 3.17. The predicted molar refractivity (Wildman–Crippen MR) is 80.9 cm³/mol. The summed E-state index contributed by atoms with van der Waals surface area (Å²) in [4.78, 5) is 9.09. The molecular formula is C16H27N3O. The number of rotatable bonds is 6. The second-order valence-electron chi connectivity index (χ2n) is 7.05. The summed E-state index contributed by atoms with van der Waals surface area (Å²) in [6.07, 6.45) is 4.42. The van der Waals surface area contributed by atoms with E-state index in [1.165, 1.54) is 12.8 Å². The molecule has 0 aliphatic heterocycles. The highest BCUT2D eigenvalue weighted by molar-refractivity contribution is 5.25. The predicted octanol–water partition coefficient (Wildman–Crippen LogP) is 3.28. The van der Waals surface area contributed by atoms with E-state index >= 15 is 0 Å². The Balaban J connectivity index is 2.10. The summed E-state index contributed by atoms with van der Waals surface area (Å²) in [5.41, 5.74) is 1.04. The maximum atomic E-state index is 5.90. The number of hydrogen-bond acceptors (Lipinski definition) is 4. The molecule has 0 unspecified atom stereocenters. The lowest BCUT2D eigenvalue weighted by molar-refractivity contribution is 0.290. The van der Waals surface area contributed by atoms with Crippen LogP contribution in [0.4, 0.5) is 0 Å². The maximum Gasteiger partial charge on any atom is 0.160 e. The molecule has 1 fully saturated rings. The summed E-state index contributed by atoms with van der Waals surface area (Å²) in [5, 5.41) is 3.48. The summed E-state index contributed by atoms with van der Waals surface area (Å²) in [6, 6.07) is 0. The van der Waals surface area contributed by atoms with Gasteiger partial charge in [0.15, 0.2) is 5.75 Å². The second-order valence-corrected chi connectivity index (χ2v) is 7.05. The molecule has 4 nitrogen and oxygen atoms in total. The third-order valence-corrected chi connectivity index (χ3v) is 3.32. The number of hydrogen-bond donors (Lipinski definition) is 1. The standard InChI is InChI=1S/C16H27N3O/c1-11(2)15-17-9-14(20-10-12-6-7-12)13(19-15)8-18-16(3,4)5/h9,11-12,18H,6-8,10H2,1-5H3. The van der Waals surface area contributed by atoms with Crippen LogP contribution in [0.1, 0.15) is 64.9 Å². The topological polar surface area (TPSA) is 47.0 Å². The van der Waals surface area contributed by atoms with Crippen LogP contribution in [0.15, 0.2) is 6.20 Å². The minimum atomic E-state index is 0.0662. The molecule has 0 radical (unpaired) electrons. The van der Waals surface area contributed by atoms with Gasteiger partial charge in [-0.25, -0.2) is 9.97 Å². The van der Waals surface area contributed by atoms with E-state index < -0.39 is 0 Å². The molecule has 0 spiro atoms. The van der Waals surface area contributed by atoms with Crippen LogP contribution in [0.3, 0.4) is 0 Å². The summed E-state index contributed by atoms with van der Waals surface area (Å²) >= 11 is 0. The van der Waals surface area contributed by atoms with Crippen molar-refractivity contribution >= 4 is 0 Å². The minimum Gasteiger partial charge on any atom is -0.490 e. The highest BCUT2D eigenvalue weighted by atomic mass is 16.5. The smallest absolute Gasteiger partial charge is 0.160 e. The van der Waals surface area contributed by atoms with Crippen molar-refractivity contribution in [1.29, 1.82) is 0 Å². The molecule has 0 saturated heterocycles. The lowest BCUT2D eigenvalue weighted by atomic mass is 10.1. The van der Waals surface area contributed by atoms with E-state index in [-0.39, 0.29) is 5.54 Å². The molecule has 1 N–H and O–H groups in total. The molecule has 2 rings (SSSR count). The van der Waals surface area contributed by atoms with E-state index in [0.717, 1.165) is 29.8 Å². The third-order valence-electron chi connectivity index (χ3n) is 3.32. The highest BCUT2D eigenvalue weighted by Gasteiger charge is 2.23. The van der Waals surface area contributed by atoms with Gasteiger partial charge in [-0.3, -0.25) is 0 Å². The van der Waals surface area contributed by atoms with Crippen LogP contribution in [0.2, 0.25) is 0 Å². The first kappa shape index (κ1) is 15.2. The third kappa shape index (κ3) is 4.75. The van der Waals surface area contributed by atoms with Gasteiger partial charge >= 0.3 is 0 Å². The maximum absolute atomic E-state index is 5.90. The normalized spacial score (nSPS) is 15.7. The minimum absolute atomic E-state index is 0.0662. The van der Waals surface area contributed by atoms with Crippen LogP contribution in [-0.4, -0.2) is 22.1 Å². The lowest BCUT2D eigenvalue weighted by Gasteiger charge is -2.21. The van der Waals surface area contributed by atoms with Crippen LogP contribution < -0.4 is 10.1 Å². The molecule has 0 bridgehead atoms. The van der Waals surface area contributed by atoms with Crippen molar-refractivity contribution < 1.29 is 4.74 Å². The zero-order valence-corrected chi connectivity index (χ0v) is 13.4. The summed E-state index contributed by atoms with van der Waals surface area (Å²) in [7, 11) is 0. The Bertz CT molecular complexity index is 448. The van der Waals surface area contributed by atoms with Crippen molar-refractivity contribution in [2.75, 3.05) is 6.61 Å². The van der Waals surface area contributed by atoms with Crippen LogP contribution in [0, 0.1) is 5.92 Å². The van der Waals surface area contributed by atoms with Gasteiger partial charge < -0.3 is 10.1 Å². The second kappa shape index (κ2) is 6.08. The Hall–Kier alpha value is -1.16. The van der Waals surface area contributed by atoms with Gasteiger partial charge in [-0.1, -0.05) is 13.8 Å². The number of nitrogens with one attached hydrogen (secondary N) is 1. The van der Waals surface area contributed by atoms with E-state index in [0.29, 0.717) is 12.5 Å². The fraction of sp³-hybridized carbons (Fsp3) is 0.750. The Morgan fingerprint density at radius 2 is 2.05 bits per heavy atom. The number of aromatic nitrogens is 2. The molecule has 1 aliphatic carbocycles. The number of nitrogens with zero attached hydrogens (tertiary/aromatic N) is 2. The van der Waals surface area contributed by atoms with Crippen molar-refractivity contribution in [2.45, 2.75) is 65.5 Å². The first-order chi connectivity index (χ1) is 9.35. The first-order valence-electron chi connectivity index (χ1n) is 7.59. The van der Waals surface area contributed by atoms with E-state index in [9.17, 15) is 0 Å². The molecule has 0 atom stereocenters. The van der Waals surface area contributed by atoms with Crippen molar-refractivity contribution in [2.24, 2.45) is 5.92 Å². The summed E-state index contributed by atoms with van der Waals surface area (Å²) in [5.74, 6) is 2.79. The van der Waals surface area contributed by atoms with Crippen LogP contribution in [-0.2, 0) is 6.54 Å². The van der Waals surface area contributed by atoms with Gasteiger partial charge in [0.25, 0.3) is 0 Å². The molecule has 1 saturated carbocycles. The monoisotopic (exact) mass is 277 g/mol. The van der Waals surface area contributed by atoms with Crippen LogP contribution in [0.25, 0.3) is 0 Å². The van der Waals surface area contributed by atoms with Gasteiger partial charge in [0.1, 0.15) is 5.82 Å². The van der Waals surface area contributed by atoms with Gasteiger partial charge in [0.2, 0.25) is 0 Å². The highest BCUT2D eigenvalue weighted by Crippen LogP contribution is 2.30. The van der Waals surface area contributed by atoms with E-state index in [1.54, 1.807) is 0 Å². The molecule has 0 amide bonds. The van der Waals surface area contributed by atoms with Gasteiger partial charge in [0.05, 0.1) is 18.5 Å². The van der Waals surface area contributed by atoms with Crippen molar-refractivity contribution in [3.05, 3.63) is 17.7 Å². The lowest BCUT2D eigenvalue weighted by Crippen LogP contribution is -2.35. The van der Waals surface area contributed by atoms with E-state index in [1.807, 2.05) is 6.20 Å². The Morgan fingerprint density at radius 1 is 1.35 bits per heavy atom.